The van der Waals surface area contributed by atoms with Gasteiger partial charge in [-0.3, -0.25) is 9.59 Å². The minimum Gasteiger partial charge on any atom is -0.868 e. The molecule has 1 aliphatic heterocycles. The highest BCUT2D eigenvalue weighted by Crippen LogP contribution is 2.39. The fourth-order valence-electron chi connectivity index (χ4n) is 3.87. The second kappa shape index (κ2) is 8.28. The van der Waals surface area contributed by atoms with Crippen LogP contribution in [0.25, 0.3) is 11.0 Å². The Morgan fingerprint density at radius 1 is 1.16 bits per heavy atom. The number of amides is 1. The molecule has 0 fully saturated rings. The molecule has 0 bridgehead atoms. The summed E-state index contributed by atoms with van der Waals surface area (Å²) in [5, 5.41) is 13.7. The zero-order valence-corrected chi connectivity index (χ0v) is 17.7. The van der Waals surface area contributed by atoms with Crippen molar-refractivity contribution in [2.75, 3.05) is 34.3 Å². The van der Waals surface area contributed by atoms with Gasteiger partial charge in [0, 0.05) is 11.0 Å². The predicted molar refractivity (Wildman–Crippen MR) is 113 cm³/mol. The van der Waals surface area contributed by atoms with Gasteiger partial charge in [-0.15, -0.1) is 0 Å². The van der Waals surface area contributed by atoms with Gasteiger partial charge in [-0.05, 0) is 23.5 Å². The molecule has 31 heavy (non-hydrogen) atoms. The normalized spacial score (nSPS) is 16.6. The molecule has 1 amide bonds. The molecule has 0 aliphatic carbocycles. The standard InChI is InChI=1S/C24H24N2O5/c1-25(2)12-13-26-20(15-8-5-4-6-9-15)19(22(28)24(26)29)21(27)18-14-16-10-7-11-17(30-3)23(16)31-18/h4-11,14,20,28H,12-13H2,1-3H3. The van der Waals surface area contributed by atoms with Crippen LogP contribution in [0.1, 0.15) is 22.2 Å². The molecule has 1 unspecified atom stereocenters. The first kappa shape index (κ1) is 20.7. The van der Waals surface area contributed by atoms with E-state index in [0.717, 1.165) is 4.90 Å². The Labute approximate surface area is 180 Å². The average molecular weight is 420 g/mol. The molecule has 1 aromatic heterocycles. The third kappa shape index (κ3) is 3.68. The second-order valence-electron chi connectivity index (χ2n) is 7.83. The number of ether oxygens (including phenoxy) is 1. The number of ketones is 1. The van der Waals surface area contributed by atoms with Crippen LogP contribution in [0, 0.1) is 0 Å². The lowest BCUT2D eigenvalue weighted by molar-refractivity contribution is -0.857. The van der Waals surface area contributed by atoms with Crippen molar-refractivity contribution in [1.82, 2.24) is 4.90 Å². The number of para-hydroxylation sites is 1. The van der Waals surface area contributed by atoms with E-state index in [9.17, 15) is 14.7 Å². The van der Waals surface area contributed by atoms with Crippen molar-refractivity contribution in [1.29, 1.82) is 0 Å². The molecule has 7 nitrogen and oxygen atoms in total. The highest BCUT2D eigenvalue weighted by molar-refractivity contribution is 6.15. The minimum absolute atomic E-state index is 0.0108. The van der Waals surface area contributed by atoms with E-state index in [1.165, 1.54) is 12.0 Å². The SMILES string of the molecule is COc1cccc2cc(C(=O)C3=C([O-])C(=O)N(CC[NH+](C)C)C3c3ccccc3)oc12. The first-order valence-electron chi connectivity index (χ1n) is 10.1. The Morgan fingerprint density at radius 2 is 1.90 bits per heavy atom. The zero-order chi connectivity index (χ0) is 22.1. The van der Waals surface area contributed by atoms with Crippen LogP contribution in [0.2, 0.25) is 0 Å². The number of benzene rings is 2. The third-order valence-corrected chi connectivity index (χ3v) is 5.45. The van der Waals surface area contributed by atoms with Gasteiger partial charge in [-0.1, -0.05) is 42.5 Å². The Morgan fingerprint density at radius 3 is 2.58 bits per heavy atom. The number of nitrogens with one attached hydrogen (secondary N) is 1. The summed E-state index contributed by atoms with van der Waals surface area (Å²) in [5.74, 6) is -1.51. The van der Waals surface area contributed by atoms with Gasteiger partial charge in [0.25, 0.3) is 0 Å². The summed E-state index contributed by atoms with van der Waals surface area (Å²) in [6, 6.07) is 15.3. The molecule has 2 heterocycles. The molecule has 0 saturated heterocycles. The molecule has 160 valence electrons. The lowest BCUT2D eigenvalue weighted by Crippen LogP contribution is -3.06. The number of hydrogen-bond acceptors (Lipinski definition) is 5. The third-order valence-electron chi connectivity index (χ3n) is 5.45. The highest BCUT2D eigenvalue weighted by Gasteiger charge is 2.40. The monoisotopic (exact) mass is 420 g/mol. The number of furan rings is 1. The van der Waals surface area contributed by atoms with Crippen molar-refractivity contribution in [3.8, 4) is 5.75 Å². The van der Waals surface area contributed by atoms with Gasteiger partial charge < -0.3 is 24.1 Å². The number of likely N-dealkylation sites (N-methyl/N-ethyl adjacent to an activating group) is 1. The number of nitrogens with zero attached hydrogens (tertiary/aromatic N) is 1. The lowest BCUT2D eigenvalue weighted by Gasteiger charge is -2.27. The van der Waals surface area contributed by atoms with Gasteiger partial charge >= 0.3 is 0 Å². The Bertz CT molecular complexity index is 1160. The van der Waals surface area contributed by atoms with Crippen molar-refractivity contribution < 1.29 is 28.7 Å². The summed E-state index contributed by atoms with van der Waals surface area (Å²) in [6.07, 6.45) is 0. The van der Waals surface area contributed by atoms with E-state index < -0.39 is 23.5 Å². The van der Waals surface area contributed by atoms with Crippen molar-refractivity contribution in [2.24, 2.45) is 0 Å². The van der Waals surface area contributed by atoms with Crippen LogP contribution in [-0.4, -0.2) is 50.9 Å². The van der Waals surface area contributed by atoms with Crippen LogP contribution in [-0.2, 0) is 4.79 Å². The number of methoxy groups -OCH3 is 1. The fourth-order valence-corrected chi connectivity index (χ4v) is 3.87. The molecule has 4 rings (SSSR count). The van der Waals surface area contributed by atoms with E-state index >= 15 is 0 Å². The summed E-state index contributed by atoms with van der Waals surface area (Å²) in [6.45, 7) is 1.00. The van der Waals surface area contributed by atoms with Crippen molar-refractivity contribution in [2.45, 2.75) is 6.04 Å². The number of Topliss-reactive ketones (excluding diaryl/α,β-unsaturated/α-hetero) is 1. The van der Waals surface area contributed by atoms with Crippen LogP contribution >= 0.6 is 0 Å². The fraction of sp³-hybridized carbons (Fsp3) is 0.250. The maximum Gasteiger partial charge on any atom is 0.240 e. The summed E-state index contributed by atoms with van der Waals surface area (Å²) in [5.41, 5.74) is 1.06. The quantitative estimate of drug-likeness (QED) is 0.576. The molecule has 3 aromatic rings. The Balaban J connectivity index is 1.79. The van der Waals surface area contributed by atoms with Crippen molar-refractivity contribution in [3.63, 3.8) is 0 Å². The van der Waals surface area contributed by atoms with Gasteiger partial charge in [0.15, 0.2) is 17.1 Å². The van der Waals surface area contributed by atoms with Gasteiger partial charge in [-0.25, -0.2) is 0 Å². The number of carbonyl (C=O) groups is 2. The number of fused-ring (bicyclic) bond motifs is 1. The smallest absolute Gasteiger partial charge is 0.240 e. The zero-order valence-electron chi connectivity index (χ0n) is 17.7. The maximum absolute atomic E-state index is 13.5. The highest BCUT2D eigenvalue weighted by atomic mass is 16.5. The Hall–Kier alpha value is -3.58. The first-order valence-corrected chi connectivity index (χ1v) is 10.1. The average Bonchev–Trinajstić information content (AvgIpc) is 3.32. The largest absolute Gasteiger partial charge is 0.868 e. The molecule has 0 spiro atoms. The predicted octanol–water partition coefficient (Wildman–Crippen LogP) is 0.967. The molecule has 0 radical (unpaired) electrons. The van der Waals surface area contributed by atoms with E-state index in [-0.39, 0.29) is 11.3 Å². The second-order valence-corrected chi connectivity index (χ2v) is 7.83. The molecule has 1 aliphatic rings. The van der Waals surface area contributed by atoms with E-state index in [2.05, 4.69) is 0 Å². The molecular weight excluding hydrogens is 396 g/mol. The summed E-state index contributed by atoms with van der Waals surface area (Å²) < 4.78 is 11.1. The van der Waals surface area contributed by atoms with Crippen molar-refractivity contribution >= 4 is 22.7 Å². The van der Waals surface area contributed by atoms with Crippen LogP contribution in [0.3, 0.4) is 0 Å². The number of hydrogen-bond donors (Lipinski definition) is 1. The number of carbonyl (C=O) groups excluding carboxylic acids is 2. The van der Waals surface area contributed by atoms with E-state index in [1.807, 2.05) is 44.4 Å². The topological polar surface area (TPSA) is 87.2 Å². The van der Waals surface area contributed by atoms with Gasteiger partial charge in [0.2, 0.25) is 11.7 Å². The maximum atomic E-state index is 13.5. The molecule has 2 aromatic carbocycles. The van der Waals surface area contributed by atoms with Crippen LogP contribution in [0.15, 0.2) is 70.3 Å². The number of quaternary nitrogens is 1. The first-order chi connectivity index (χ1) is 14.9. The molecule has 7 heteroatoms. The minimum atomic E-state index is -0.778. The molecule has 1 N–H and O–H groups in total. The lowest BCUT2D eigenvalue weighted by atomic mass is 9.95. The van der Waals surface area contributed by atoms with Crippen molar-refractivity contribution in [3.05, 3.63) is 77.3 Å². The molecular formula is C24H24N2O5. The van der Waals surface area contributed by atoms with Crippen LogP contribution in [0.4, 0.5) is 0 Å². The van der Waals surface area contributed by atoms with Gasteiger partial charge in [0.1, 0.15) is 0 Å². The van der Waals surface area contributed by atoms with E-state index in [4.69, 9.17) is 9.15 Å². The number of rotatable bonds is 7. The summed E-state index contributed by atoms with van der Waals surface area (Å²) in [7, 11) is 5.46. The van der Waals surface area contributed by atoms with Gasteiger partial charge in [0.05, 0.1) is 40.3 Å². The van der Waals surface area contributed by atoms with E-state index in [0.29, 0.717) is 35.4 Å². The van der Waals surface area contributed by atoms with E-state index in [1.54, 1.807) is 24.3 Å². The van der Waals surface area contributed by atoms with Crippen LogP contribution < -0.4 is 14.7 Å². The molecule has 0 saturated carbocycles. The Kier molecular flexibility index (Phi) is 5.52. The van der Waals surface area contributed by atoms with Crippen LogP contribution in [0.5, 0.6) is 5.75 Å². The van der Waals surface area contributed by atoms with Gasteiger partial charge in [-0.2, -0.15) is 0 Å². The summed E-state index contributed by atoms with van der Waals surface area (Å²) in [4.78, 5) is 28.9. The molecule has 1 atom stereocenters. The summed E-state index contributed by atoms with van der Waals surface area (Å²) >= 11 is 0.